The quantitative estimate of drug-likeness (QED) is 0.148. The number of aliphatic hydroxyl groups excluding tert-OH is 1. The monoisotopic (exact) mass is 515 g/mol. The number of hydrogen-bond donors (Lipinski definition) is 2. The van der Waals surface area contributed by atoms with Crippen LogP contribution in [-0.4, -0.2) is 117 Å². The lowest BCUT2D eigenvalue weighted by Gasteiger charge is -2.19. The third kappa shape index (κ3) is 11.2. The van der Waals surface area contributed by atoms with Gasteiger partial charge in [-0.05, 0) is 6.08 Å². The fraction of sp³-hybridized carbons (Fsp3) is 0.682. The molecular formula is C22H33N3O11. The Morgan fingerprint density at radius 3 is 1.97 bits per heavy atom. The third-order valence-corrected chi connectivity index (χ3v) is 4.93. The SMILES string of the molecule is O=C(CCN1C(=O)C=CC1O)NCCOCCOCCOCCOCCC(=O)ON1C(=O)CCC1=O. The van der Waals surface area contributed by atoms with Crippen LogP contribution in [0.4, 0.5) is 0 Å². The van der Waals surface area contributed by atoms with Gasteiger partial charge in [0.15, 0.2) is 0 Å². The first-order valence-electron chi connectivity index (χ1n) is 11.7. The lowest BCUT2D eigenvalue weighted by atomic mass is 10.3. The van der Waals surface area contributed by atoms with Crippen molar-refractivity contribution in [2.75, 3.05) is 65.9 Å². The van der Waals surface area contributed by atoms with E-state index < -0.39 is 24.0 Å². The Kier molecular flexibility index (Phi) is 13.6. The Bertz CT molecular complexity index is 773. The molecule has 4 amide bonds. The lowest BCUT2D eigenvalue weighted by molar-refractivity contribution is -0.198. The highest BCUT2D eigenvalue weighted by molar-refractivity contribution is 6.01. The maximum absolute atomic E-state index is 11.7. The van der Waals surface area contributed by atoms with E-state index in [1.54, 1.807) is 0 Å². The molecule has 0 spiro atoms. The molecule has 14 heteroatoms. The van der Waals surface area contributed by atoms with E-state index in [2.05, 4.69) is 5.32 Å². The minimum Gasteiger partial charge on any atom is -0.378 e. The smallest absolute Gasteiger partial charge is 0.335 e. The fourth-order valence-electron chi connectivity index (χ4n) is 3.04. The van der Waals surface area contributed by atoms with Crippen molar-refractivity contribution >= 4 is 29.6 Å². The fourth-order valence-corrected chi connectivity index (χ4v) is 3.04. The first-order chi connectivity index (χ1) is 17.4. The van der Waals surface area contributed by atoms with Crippen LogP contribution in [0.2, 0.25) is 0 Å². The Morgan fingerprint density at radius 1 is 0.861 bits per heavy atom. The molecule has 202 valence electrons. The second kappa shape index (κ2) is 16.7. The molecule has 0 saturated carbocycles. The summed E-state index contributed by atoms with van der Waals surface area (Å²) in [6.45, 7) is 2.84. The van der Waals surface area contributed by atoms with Crippen molar-refractivity contribution in [3.05, 3.63) is 12.2 Å². The van der Waals surface area contributed by atoms with Gasteiger partial charge in [-0.25, -0.2) is 4.79 Å². The van der Waals surface area contributed by atoms with Crippen LogP contribution in [0.25, 0.3) is 0 Å². The van der Waals surface area contributed by atoms with Crippen molar-refractivity contribution in [2.24, 2.45) is 0 Å². The summed E-state index contributed by atoms with van der Waals surface area (Å²) < 4.78 is 21.3. The molecule has 2 aliphatic rings. The van der Waals surface area contributed by atoms with Gasteiger partial charge in [0.05, 0.1) is 59.3 Å². The normalized spacial score (nSPS) is 17.4. The minimum atomic E-state index is -0.973. The molecule has 0 bridgehead atoms. The van der Waals surface area contributed by atoms with Crippen LogP contribution in [0.15, 0.2) is 12.2 Å². The van der Waals surface area contributed by atoms with E-state index in [1.807, 2.05) is 0 Å². The van der Waals surface area contributed by atoms with Gasteiger partial charge in [0, 0.05) is 38.4 Å². The van der Waals surface area contributed by atoms with Gasteiger partial charge in [-0.15, -0.1) is 5.06 Å². The minimum absolute atomic E-state index is 0.0487. The van der Waals surface area contributed by atoms with E-state index in [0.29, 0.717) is 51.2 Å². The van der Waals surface area contributed by atoms with Crippen molar-refractivity contribution in [2.45, 2.75) is 31.9 Å². The molecule has 1 atom stereocenters. The molecular weight excluding hydrogens is 482 g/mol. The Hall–Kier alpha value is -2.91. The zero-order valence-electron chi connectivity index (χ0n) is 20.1. The first kappa shape index (κ1) is 29.3. The molecule has 0 radical (unpaired) electrons. The highest BCUT2D eigenvalue weighted by atomic mass is 16.7. The van der Waals surface area contributed by atoms with Crippen LogP contribution in [0, 0.1) is 0 Å². The van der Waals surface area contributed by atoms with Crippen molar-refractivity contribution in [1.29, 1.82) is 0 Å². The van der Waals surface area contributed by atoms with E-state index in [4.69, 9.17) is 23.8 Å². The summed E-state index contributed by atoms with van der Waals surface area (Å²) in [6.07, 6.45) is 1.77. The standard InChI is InChI=1S/C22H33N3O11/c26-17(5-8-24-18(27)1-2-19(24)28)23-7-10-33-12-14-35-16-15-34-13-11-32-9-6-22(31)36-25-20(29)3-4-21(25)30/h1-2,18,27H,3-16H2,(H,23,26). The van der Waals surface area contributed by atoms with Gasteiger partial charge in [-0.2, -0.15) is 0 Å². The lowest BCUT2D eigenvalue weighted by Crippen LogP contribution is -2.37. The predicted octanol–water partition coefficient (Wildman–Crippen LogP) is -1.73. The first-order valence-corrected chi connectivity index (χ1v) is 11.7. The summed E-state index contributed by atoms with van der Waals surface area (Å²) in [7, 11) is 0. The van der Waals surface area contributed by atoms with E-state index >= 15 is 0 Å². The third-order valence-electron chi connectivity index (χ3n) is 4.93. The zero-order valence-corrected chi connectivity index (χ0v) is 20.1. The van der Waals surface area contributed by atoms with Gasteiger partial charge in [0.2, 0.25) is 11.8 Å². The van der Waals surface area contributed by atoms with Gasteiger partial charge < -0.3 is 39.1 Å². The molecule has 0 aromatic heterocycles. The molecule has 2 N–H and O–H groups in total. The van der Waals surface area contributed by atoms with Gasteiger partial charge in [0.1, 0.15) is 6.23 Å². The maximum atomic E-state index is 11.7. The van der Waals surface area contributed by atoms with E-state index in [9.17, 15) is 29.1 Å². The molecule has 2 rings (SSSR count). The number of hydrogen-bond acceptors (Lipinski definition) is 11. The van der Waals surface area contributed by atoms with Crippen LogP contribution in [0.5, 0.6) is 0 Å². The number of rotatable bonds is 19. The number of carbonyl (C=O) groups is 5. The zero-order chi connectivity index (χ0) is 26.2. The van der Waals surface area contributed by atoms with Crippen LogP contribution < -0.4 is 5.32 Å². The largest absolute Gasteiger partial charge is 0.378 e. The summed E-state index contributed by atoms with van der Waals surface area (Å²) in [4.78, 5) is 63.4. The molecule has 1 saturated heterocycles. The topological polar surface area (TPSA) is 170 Å². The van der Waals surface area contributed by atoms with Crippen LogP contribution in [0.1, 0.15) is 25.7 Å². The number of aliphatic hydroxyl groups is 1. The number of hydroxylamine groups is 2. The number of ether oxygens (including phenoxy) is 4. The molecule has 14 nitrogen and oxygen atoms in total. The van der Waals surface area contributed by atoms with Gasteiger partial charge in [0.25, 0.3) is 11.8 Å². The molecule has 2 heterocycles. The van der Waals surface area contributed by atoms with Gasteiger partial charge in [-0.3, -0.25) is 19.2 Å². The van der Waals surface area contributed by atoms with E-state index in [0.717, 1.165) is 0 Å². The summed E-state index contributed by atoms with van der Waals surface area (Å²) in [5.41, 5.74) is 0. The van der Waals surface area contributed by atoms with Crippen LogP contribution in [0.3, 0.4) is 0 Å². The molecule has 2 aliphatic heterocycles. The average molecular weight is 516 g/mol. The maximum Gasteiger partial charge on any atom is 0.335 e. The molecule has 1 unspecified atom stereocenters. The van der Waals surface area contributed by atoms with Gasteiger partial charge in [-0.1, -0.05) is 0 Å². The summed E-state index contributed by atoms with van der Waals surface area (Å²) in [5.74, 6) is -2.32. The van der Waals surface area contributed by atoms with Crippen LogP contribution >= 0.6 is 0 Å². The highest BCUT2D eigenvalue weighted by Gasteiger charge is 2.32. The molecule has 1 fully saturated rings. The molecule has 0 aliphatic carbocycles. The van der Waals surface area contributed by atoms with Crippen molar-refractivity contribution in [3.63, 3.8) is 0 Å². The number of amides is 4. The second-order valence-corrected chi connectivity index (χ2v) is 7.65. The van der Waals surface area contributed by atoms with E-state index in [-0.39, 0.29) is 57.3 Å². The van der Waals surface area contributed by atoms with Gasteiger partial charge >= 0.3 is 5.97 Å². The Morgan fingerprint density at radius 2 is 1.42 bits per heavy atom. The number of carbonyl (C=O) groups excluding carboxylic acids is 5. The van der Waals surface area contributed by atoms with Crippen molar-refractivity contribution in [3.8, 4) is 0 Å². The van der Waals surface area contributed by atoms with Crippen LogP contribution in [-0.2, 0) is 47.8 Å². The number of nitrogens with one attached hydrogen (secondary N) is 1. The molecule has 0 aromatic rings. The van der Waals surface area contributed by atoms with E-state index in [1.165, 1.54) is 17.1 Å². The Balaban J connectivity index is 1.29. The Labute approximate surface area is 208 Å². The van der Waals surface area contributed by atoms with Crippen molar-refractivity contribution < 1.29 is 52.9 Å². The predicted molar refractivity (Wildman–Crippen MR) is 120 cm³/mol. The second-order valence-electron chi connectivity index (χ2n) is 7.65. The average Bonchev–Trinajstić information content (AvgIpc) is 3.34. The summed E-state index contributed by atoms with van der Waals surface area (Å²) in [5, 5.41) is 12.7. The summed E-state index contributed by atoms with van der Waals surface area (Å²) >= 11 is 0. The highest BCUT2D eigenvalue weighted by Crippen LogP contribution is 2.12. The van der Waals surface area contributed by atoms with Crippen molar-refractivity contribution in [1.82, 2.24) is 15.3 Å². The molecule has 36 heavy (non-hydrogen) atoms. The molecule has 0 aromatic carbocycles. The summed E-state index contributed by atoms with van der Waals surface area (Å²) in [6, 6.07) is 0. The number of nitrogens with zero attached hydrogens (tertiary/aromatic N) is 2. The number of imide groups is 1.